The zero-order valence-electron chi connectivity index (χ0n) is 10.3. The molecule has 0 aromatic heterocycles. The van der Waals surface area contributed by atoms with E-state index in [0.717, 1.165) is 37.0 Å². The lowest BCUT2D eigenvalue weighted by atomic mass is 9.84. The highest BCUT2D eigenvalue weighted by Gasteiger charge is 2.17. The van der Waals surface area contributed by atoms with Crippen LogP contribution in [0.4, 0.5) is 0 Å². The van der Waals surface area contributed by atoms with Crippen molar-refractivity contribution in [3.8, 4) is 0 Å². The molecule has 2 N–H and O–H groups in total. The van der Waals surface area contributed by atoms with Crippen LogP contribution in [0, 0.1) is 5.92 Å². The average Bonchev–Trinajstić information content (AvgIpc) is 2.30. The maximum atomic E-state index is 10.3. The summed E-state index contributed by atoms with van der Waals surface area (Å²) in [6, 6.07) is 0.424. The van der Waals surface area contributed by atoms with Gasteiger partial charge in [-0.25, -0.2) is 0 Å². The third kappa shape index (κ3) is 6.45. The van der Waals surface area contributed by atoms with Crippen LogP contribution >= 0.6 is 0 Å². The topological polar surface area (TPSA) is 43.1 Å². The summed E-state index contributed by atoms with van der Waals surface area (Å²) in [6.45, 7) is 5.86. The van der Waals surface area contributed by atoms with E-state index in [4.69, 9.17) is 5.73 Å². The van der Waals surface area contributed by atoms with E-state index in [1.165, 1.54) is 12.8 Å². The van der Waals surface area contributed by atoms with Crippen molar-refractivity contribution in [3.63, 3.8) is 0 Å². The summed E-state index contributed by atoms with van der Waals surface area (Å²) in [4.78, 5) is 10.3. The van der Waals surface area contributed by atoms with Gasteiger partial charge in [0.2, 0.25) is 0 Å². The number of rotatable bonds is 3. The van der Waals surface area contributed by atoms with Gasteiger partial charge in [0, 0.05) is 6.04 Å². The highest BCUT2D eigenvalue weighted by atomic mass is 16.1. The number of hydrogen-bond acceptors (Lipinski definition) is 2. The molecule has 2 heteroatoms. The van der Waals surface area contributed by atoms with Crippen molar-refractivity contribution < 1.29 is 4.79 Å². The molecule has 0 aromatic rings. The molecule has 0 atom stereocenters. The van der Waals surface area contributed by atoms with Crippen molar-refractivity contribution in [1.82, 2.24) is 0 Å². The molecule has 2 nitrogen and oxygen atoms in total. The van der Waals surface area contributed by atoms with Gasteiger partial charge in [-0.1, -0.05) is 19.9 Å². The molecule has 0 aromatic carbocycles. The Bertz CT molecular complexity index is 191. The molecular formula is C13H25NO. The molecule has 0 spiro atoms. The summed E-state index contributed by atoms with van der Waals surface area (Å²) in [5.41, 5.74) is 6.66. The van der Waals surface area contributed by atoms with E-state index in [1.807, 2.05) is 20.8 Å². The molecule has 1 aliphatic carbocycles. The molecule has 0 unspecified atom stereocenters. The summed E-state index contributed by atoms with van der Waals surface area (Å²) >= 11 is 0. The van der Waals surface area contributed by atoms with Gasteiger partial charge in [0.25, 0.3) is 0 Å². The molecule has 15 heavy (non-hydrogen) atoms. The van der Waals surface area contributed by atoms with Crippen LogP contribution in [0.3, 0.4) is 0 Å². The zero-order valence-corrected chi connectivity index (χ0v) is 10.3. The Morgan fingerprint density at radius 2 is 1.80 bits per heavy atom. The fraction of sp³-hybridized carbons (Fsp3) is 0.769. The van der Waals surface area contributed by atoms with Crippen LogP contribution in [0.5, 0.6) is 0 Å². The number of hydrogen-bond donors (Lipinski definition) is 1. The largest absolute Gasteiger partial charge is 0.328 e. The van der Waals surface area contributed by atoms with Crippen molar-refractivity contribution in [2.75, 3.05) is 0 Å². The molecule has 0 bridgehead atoms. The molecule has 0 radical (unpaired) electrons. The third-order valence-electron chi connectivity index (χ3n) is 2.85. The van der Waals surface area contributed by atoms with Crippen LogP contribution in [-0.4, -0.2) is 12.3 Å². The molecule has 0 saturated heterocycles. The first-order valence-electron chi connectivity index (χ1n) is 6.10. The van der Waals surface area contributed by atoms with Crippen LogP contribution in [-0.2, 0) is 4.79 Å². The molecule has 88 valence electrons. The second kappa shape index (κ2) is 8.66. The Hall–Kier alpha value is -0.630. The van der Waals surface area contributed by atoms with Crippen LogP contribution in [0.25, 0.3) is 0 Å². The molecule has 0 amide bonds. The number of allylic oxidation sites excluding steroid dienone is 2. The fourth-order valence-electron chi connectivity index (χ4n) is 1.82. The monoisotopic (exact) mass is 211 g/mol. The summed E-state index contributed by atoms with van der Waals surface area (Å²) in [6.07, 6.45) is 8.78. The number of aldehydes is 1. The first-order chi connectivity index (χ1) is 7.22. The maximum Gasteiger partial charge on any atom is 0.145 e. The lowest BCUT2D eigenvalue weighted by Gasteiger charge is -2.25. The molecule has 0 aliphatic heterocycles. The smallest absolute Gasteiger partial charge is 0.145 e. The van der Waals surface area contributed by atoms with Gasteiger partial charge in [0.1, 0.15) is 6.29 Å². The minimum Gasteiger partial charge on any atom is -0.328 e. The third-order valence-corrected chi connectivity index (χ3v) is 2.85. The number of nitrogens with two attached hydrogens (primary N) is 1. The average molecular weight is 211 g/mol. The van der Waals surface area contributed by atoms with E-state index in [-0.39, 0.29) is 0 Å². The maximum absolute atomic E-state index is 10.3. The van der Waals surface area contributed by atoms with Crippen molar-refractivity contribution in [3.05, 3.63) is 11.6 Å². The van der Waals surface area contributed by atoms with E-state index in [0.29, 0.717) is 6.04 Å². The minimum atomic E-state index is 0.424. The van der Waals surface area contributed by atoms with E-state index in [2.05, 4.69) is 6.08 Å². The predicted octanol–water partition coefficient (Wildman–Crippen LogP) is 3.07. The highest BCUT2D eigenvalue weighted by molar-refractivity contribution is 5.71. The van der Waals surface area contributed by atoms with Gasteiger partial charge < -0.3 is 5.73 Å². The van der Waals surface area contributed by atoms with E-state index >= 15 is 0 Å². The van der Waals surface area contributed by atoms with Crippen molar-refractivity contribution >= 4 is 6.29 Å². The van der Waals surface area contributed by atoms with Crippen molar-refractivity contribution in [1.29, 1.82) is 0 Å². The first-order valence-corrected chi connectivity index (χ1v) is 6.10. The molecule has 1 aliphatic rings. The molecule has 1 rings (SSSR count). The van der Waals surface area contributed by atoms with Crippen LogP contribution in [0.1, 0.15) is 52.9 Å². The zero-order chi connectivity index (χ0) is 11.7. The van der Waals surface area contributed by atoms with Crippen molar-refractivity contribution in [2.24, 2.45) is 11.7 Å². The predicted molar refractivity (Wildman–Crippen MR) is 65.7 cm³/mol. The Balaban J connectivity index is 0.000000921. The quantitative estimate of drug-likeness (QED) is 0.576. The van der Waals surface area contributed by atoms with Crippen LogP contribution in [0.15, 0.2) is 11.6 Å². The number of carbonyl (C=O) groups is 1. The second-order valence-corrected chi connectivity index (χ2v) is 4.08. The Kier molecular flexibility index (Phi) is 8.30. The van der Waals surface area contributed by atoms with Gasteiger partial charge in [0.15, 0.2) is 0 Å². The summed E-state index contributed by atoms with van der Waals surface area (Å²) < 4.78 is 0. The van der Waals surface area contributed by atoms with Gasteiger partial charge in [-0.05, 0) is 50.5 Å². The first kappa shape index (κ1) is 14.4. The molecule has 1 fully saturated rings. The minimum absolute atomic E-state index is 0.424. The fourth-order valence-corrected chi connectivity index (χ4v) is 1.82. The number of carbonyl (C=O) groups excluding carboxylic acids is 1. The van der Waals surface area contributed by atoms with E-state index < -0.39 is 0 Å². The van der Waals surface area contributed by atoms with Gasteiger partial charge in [-0.3, -0.25) is 4.79 Å². The van der Waals surface area contributed by atoms with Crippen LogP contribution in [0.2, 0.25) is 0 Å². The summed E-state index contributed by atoms with van der Waals surface area (Å²) in [5.74, 6) is 0.759. The second-order valence-electron chi connectivity index (χ2n) is 4.08. The molecule has 1 saturated carbocycles. The van der Waals surface area contributed by atoms with Gasteiger partial charge in [-0.15, -0.1) is 0 Å². The van der Waals surface area contributed by atoms with E-state index in [1.54, 1.807) is 0 Å². The molecular weight excluding hydrogens is 186 g/mol. The lowest BCUT2D eigenvalue weighted by molar-refractivity contribution is -0.104. The highest BCUT2D eigenvalue weighted by Crippen LogP contribution is 2.26. The van der Waals surface area contributed by atoms with E-state index in [9.17, 15) is 4.79 Å². The Morgan fingerprint density at radius 1 is 1.27 bits per heavy atom. The normalized spacial score (nSPS) is 26.5. The summed E-state index contributed by atoms with van der Waals surface area (Å²) in [7, 11) is 0. The molecule has 0 heterocycles. The lowest BCUT2D eigenvalue weighted by Crippen LogP contribution is -2.26. The van der Waals surface area contributed by atoms with Gasteiger partial charge in [0.05, 0.1) is 0 Å². The van der Waals surface area contributed by atoms with Crippen LogP contribution < -0.4 is 5.73 Å². The van der Waals surface area contributed by atoms with Crippen molar-refractivity contribution in [2.45, 2.75) is 58.9 Å². The van der Waals surface area contributed by atoms with Gasteiger partial charge in [-0.2, -0.15) is 0 Å². The summed E-state index contributed by atoms with van der Waals surface area (Å²) in [5, 5.41) is 0. The Morgan fingerprint density at radius 3 is 2.27 bits per heavy atom. The van der Waals surface area contributed by atoms with Gasteiger partial charge >= 0.3 is 0 Å². The SMILES string of the molecule is C/C(C=O)=C\CC1CCC(N)CC1.CC. The standard InChI is InChI=1S/C11H19NO.C2H6/c1-9(8-13)2-3-10-4-6-11(12)7-5-10;1-2/h2,8,10-11H,3-7,12H2,1H3;1-2H3/b9-2+;. The Labute approximate surface area is 93.9 Å².